The topological polar surface area (TPSA) is 101 Å². The van der Waals surface area contributed by atoms with Crippen LogP contribution >= 0.6 is 0 Å². The second-order valence-electron chi connectivity index (χ2n) is 7.00. The molecule has 0 bridgehead atoms. The Morgan fingerprint density at radius 2 is 2.03 bits per heavy atom. The van der Waals surface area contributed by atoms with Crippen LogP contribution in [0.4, 0.5) is 11.4 Å². The van der Waals surface area contributed by atoms with E-state index in [9.17, 15) is 9.59 Å². The SMILES string of the molecule is CCOC(=O)CCc1ccc(NC(=O)c2cccc(NC3=NCCCN3)c2)cc1OC. The minimum absolute atomic E-state index is 0.233. The minimum atomic E-state index is -0.246. The lowest BCUT2D eigenvalue weighted by molar-refractivity contribution is -0.143. The Morgan fingerprint density at radius 1 is 1.16 bits per heavy atom. The molecule has 0 radical (unpaired) electrons. The number of hydrogen-bond donors (Lipinski definition) is 3. The molecule has 2 aromatic rings. The smallest absolute Gasteiger partial charge is 0.306 e. The number of amides is 1. The molecular formula is C23H28N4O4. The van der Waals surface area contributed by atoms with Gasteiger partial charge in [0.1, 0.15) is 5.75 Å². The van der Waals surface area contributed by atoms with Crippen LogP contribution in [0.15, 0.2) is 47.5 Å². The molecule has 1 aliphatic heterocycles. The molecule has 3 N–H and O–H groups in total. The van der Waals surface area contributed by atoms with Gasteiger partial charge in [-0.1, -0.05) is 12.1 Å². The van der Waals surface area contributed by atoms with Crippen molar-refractivity contribution in [2.75, 3.05) is 37.4 Å². The first-order valence-corrected chi connectivity index (χ1v) is 10.4. The Balaban J connectivity index is 1.65. The van der Waals surface area contributed by atoms with Crippen molar-refractivity contribution in [2.45, 2.75) is 26.2 Å². The van der Waals surface area contributed by atoms with Gasteiger partial charge in [-0.05, 0) is 49.6 Å². The predicted octanol–water partition coefficient (Wildman–Crippen LogP) is 3.20. The summed E-state index contributed by atoms with van der Waals surface area (Å²) in [6.45, 7) is 3.81. The molecule has 0 fully saturated rings. The zero-order valence-corrected chi connectivity index (χ0v) is 17.9. The summed E-state index contributed by atoms with van der Waals surface area (Å²) in [5.41, 5.74) is 2.79. The summed E-state index contributed by atoms with van der Waals surface area (Å²) in [4.78, 5) is 28.7. The molecule has 1 heterocycles. The molecule has 0 saturated heterocycles. The van der Waals surface area contributed by atoms with E-state index in [0.717, 1.165) is 30.8 Å². The number of ether oxygens (including phenoxy) is 2. The maximum absolute atomic E-state index is 12.7. The number of anilines is 2. The largest absolute Gasteiger partial charge is 0.496 e. The summed E-state index contributed by atoms with van der Waals surface area (Å²) in [5, 5.41) is 9.28. The Bertz CT molecular complexity index is 958. The highest BCUT2D eigenvalue weighted by molar-refractivity contribution is 6.05. The number of guanidine groups is 1. The van der Waals surface area contributed by atoms with Gasteiger partial charge in [-0.15, -0.1) is 0 Å². The van der Waals surface area contributed by atoms with E-state index in [0.29, 0.717) is 36.0 Å². The maximum atomic E-state index is 12.7. The van der Waals surface area contributed by atoms with Crippen LogP contribution in [0.25, 0.3) is 0 Å². The van der Waals surface area contributed by atoms with Crippen molar-refractivity contribution in [1.29, 1.82) is 0 Å². The molecule has 0 unspecified atom stereocenters. The van der Waals surface area contributed by atoms with Gasteiger partial charge in [0.15, 0.2) is 5.96 Å². The number of rotatable bonds is 8. The van der Waals surface area contributed by atoms with Crippen LogP contribution in [-0.2, 0) is 16.0 Å². The summed E-state index contributed by atoms with van der Waals surface area (Å²) < 4.78 is 10.4. The average Bonchev–Trinajstić information content (AvgIpc) is 2.79. The molecule has 8 nitrogen and oxygen atoms in total. The number of methoxy groups -OCH3 is 1. The molecule has 8 heteroatoms. The van der Waals surface area contributed by atoms with Crippen molar-refractivity contribution in [2.24, 2.45) is 4.99 Å². The lowest BCUT2D eigenvalue weighted by Gasteiger charge is -2.16. The van der Waals surface area contributed by atoms with E-state index < -0.39 is 0 Å². The van der Waals surface area contributed by atoms with Crippen molar-refractivity contribution >= 4 is 29.2 Å². The molecular weight excluding hydrogens is 396 g/mol. The number of esters is 1. The average molecular weight is 425 g/mol. The zero-order valence-electron chi connectivity index (χ0n) is 17.9. The third-order valence-corrected chi connectivity index (χ3v) is 4.73. The van der Waals surface area contributed by atoms with E-state index in [1.807, 2.05) is 18.2 Å². The Kier molecular flexibility index (Phi) is 7.86. The second-order valence-corrected chi connectivity index (χ2v) is 7.00. The number of benzene rings is 2. The highest BCUT2D eigenvalue weighted by atomic mass is 16.5. The van der Waals surface area contributed by atoms with E-state index in [1.54, 1.807) is 38.3 Å². The highest BCUT2D eigenvalue weighted by Crippen LogP contribution is 2.25. The minimum Gasteiger partial charge on any atom is -0.496 e. The standard InChI is InChI=1S/C23H28N4O4/c1-3-31-21(28)11-9-16-8-10-19(15-20(16)30-2)26-22(29)17-6-4-7-18(14-17)27-23-24-12-5-13-25-23/h4,6-8,10,14-15H,3,5,9,11-13H2,1-2H3,(H,26,29)(H2,24,25,27). The van der Waals surface area contributed by atoms with Crippen LogP contribution in [0, 0.1) is 0 Å². The number of carbonyl (C=O) groups excluding carboxylic acids is 2. The fourth-order valence-electron chi connectivity index (χ4n) is 3.19. The summed E-state index contributed by atoms with van der Waals surface area (Å²) in [7, 11) is 1.56. The van der Waals surface area contributed by atoms with Crippen LogP contribution < -0.4 is 20.7 Å². The molecule has 0 atom stereocenters. The fraction of sp³-hybridized carbons (Fsp3) is 0.348. The lowest BCUT2D eigenvalue weighted by Crippen LogP contribution is -2.35. The summed E-state index contributed by atoms with van der Waals surface area (Å²) in [6.07, 6.45) is 1.79. The van der Waals surface area contributed by atoms with E-state index in [4.69, 9.17) is 9.47 Å². The normalized spacial score (nSPS) is 12.9. The van der Waals surface area contributed by atoms with Gasteiger partial charge >= 0.3 is 5.97 Å². The number of aryl methyl sites for hydroxylation is 1. The zero-order chi connectivity index (χ0) is 22.1. The molecule has 31 heavy (non-hydrogen) atoms. The highest BCUT2D eigenvalue weighted by Gasteiger charge is 2.12. The Labute approximate surface area is 182 Å². The van der Waals surface area contributed by atoms with Crippen LogP contribution in [0.2, 0.25) is 0 Å². The number of carbonyl (C=O) groups is 2. The van der Waals surface area contributed by atoms with E-state index >= 15 is 0 Å². The third-order valence-electron chi connectivity index (χ3n) is 4.73. The van der Waals surface area contributed by atoms with Crippen molar-refractivity contribution in [3.8, 4) is 5.75 Å². The molecule has 1 aliphatic rings. The summed E-state index contributed by atoms with van der Waals surface area (Å²) in [5.74, 6) is 0.846. The first-order valence-electron chi connectivity index (χ1n) is 10.4. The van der Waals surface area contributed by atoms with E-state index in [-0.39, 0.29) is 18.3 Å². The first kappa shape index (κ1) is 22.1. The third kappa shape index (κ3) is 6.47. The monoisotopic (exact) mass is 424 g/mol. The molecule has 164 valence electrons. The quantitative estimate of drug-likeness (QED) is 0.563. The molecule has 0 aromatic heterocycles. The van der Waals surface area contributed by atoms with Gasteiger partial charge in [-0.3, -0.25) is 14.6 Å². The lowest BCUT2D eigenvalue weighted by atomic mass is 10.1. The summed E-state index contributed by atoms with van der Waals surface area (Å²) in [6, 6.07) is 12.6. The first-order chi connectivity index (χ1) is 15.1. The molecule has 0 aliphatic carbocycles. The van der Waals surface area contributed by atoms with Crippen LogP contribution in [0.3, 0.4) is 0 Å². The summed E-state index contributed by atoms with van der Waals surface area (Å²) >= 11 is 0. The number of aliphatic imine (C=N–C) groups is 1. The Morgan fingerprint density at radius 3 is 2.77 bits per heavy atom. The molecule has 0 spiro atoms. The Hall–Kier alpha value is -3.55. The van der Waals surface area contributed by atoms with Crippen LogP contribution in [0.5, 0.6) is 5.75 Å². The fourth-order valence-corrected chi connectivity index (χ4v) is 3.19. The van der Waals surface area contributed by atoms with E-state index in [2.05, 4.69) is 20.9 Å². The van der Waals surface area contributed by atoms with Crippen molar-refractivity contribution in [1.82, 2.24) is 5.32 Å². The van der Waals surface area contributed by atoms with Crippen molar-refractivity contribution in [3.63, 3.8) is 0 Å². The van der Waals surface area contributed by atoms with Gasteiger partial charge in [-0.25, -0.2) is 0 Å². The van der Waals surface area contributed by atoms with Gasteiger partial charge in [0, 0.05) is 42.5 Å². The van der Waals surface area contributed by atoms with Gasteiger partial charge < -0.3 is 25.4 Å². The van der Waals surface area contributed by atoms with E-state index in [1.165, 1.54) is 0 Å². The number of nitrogens with one attached hydrogen (secondary N) is 3. The van der Waals surface area contributed by atoms with Crippen molar-refractivity contribution in [3.05, 3.63) is 53.6 Å². The van der Waals surface area contributed by atoms with Gasteiger partial charge in [0.25, 0.3) is 5.91 Å². The van der Waals surface area contributed by atoms with Gasteiger partial charge in [0.05, 0.1) is 13.7 Å². The maximum Gasteiger partial charge on any atom is 0.306 e. The number of hydrogen-bond acceptors (Lipinski definition) is 7. The molecule has 2 aromatic carbocycles. The molecule has 1 amide bonds. The molecule has 0 saturated carbocycles. The van der Waals surface area contributed by atoms with Crippen LogP contribution in [0.1, 0.15) is 35.7 Å². The predicted molar refractivity (Wildman–Crippen MR) is 121 cm³/mol. The van der Waals surface area contributed by atoms with Crippen molar-refractivity contribution < 1.29 is 19.1 Å². The molecule has 3 rings (SSSR count). The second kappa shape index (κ2) is 11.0. The van der Waals surface area contributed by atoms with Gasteiger partial charge in [-0.2, -0.15) is 0 Å². The van der Waals surface area contributed by atoms with Gasteiger partial charge in [0.2, 0.25) is 0 Å². The van der Waals surface area contributed by atoms with Crippen LogP contribution in [-0.4, -0.2) is 44.6 Å². The number of nitrogens with zero attached hydrogens (tertiary/aromatic N) is 1.